The van der Waals surface area contributed by atoms with Gasteiger partial charge in [0, 0.05) is 12.0 Å². The molecule has 0 heterocycles. The first kappa shape index (κ1) is 11.8. The van der Waals surface area contributed by atoms with Crippen molar-refractivity contribution in [1.29, 1.82) is 0 Å². The smallest absolute Gasteiger partial charge is 0.0483 e. The Hall–Kier alpha value is 0.687. The van der Waals surface area contributed by atoms with E-state index in [1.807, 2.05) is 0 Å². The van der Waals surface area contributed by atoms with E-state index >= 15 is 0 Å². The summed E-state index contributed by atoms with van der Waals surface area (Å²) in [6.45, 7) is 9.77. The minimum absolute atomic E-state index is 0.869. The molecule has 1 aliphatic carbocycles. The lowest BCUT2D eigenvalue weighted by Gasteiger charge is -2.26. The Morgan fingerprint density at radius 1 is 1.38 bits per heavy atom. The highest BCUT2D eigenvalue weighted by atomic mass is 127. The number of alkyl halides is 1. The Kier molecular flexibility index (Phi) is 4.04. The predicted octanol–water partition coefficient (Wildman–Crippen LogP) is 4.63. The molecule has 13 heavy (non-hydrogen) atoms. The summed E-state index contributed by atoms with van der Waals surface area (Å²) in [5, 5.41) is 0. The summed E-state index contributed by atoms with van der Waals surface area (Å²) in [6, 6.07) is 1.43. The fourth-order valence-corrected chi connectivity index (χ4v) is 4.73. The standard InChI is InChI=1S/C11H21ISi/c1-9-7-11(12)6-5-10(9)8-13(2,3)4/h11H,5-8H2,1-4H3/t11-/m1/s1. The van der Waals surface area contributed by atoms with Gasteiger partial charge in [-0.25, -0.2) is 0 Å². The maximum Gasteiger partial charge on any atom is 0.0483 e. The van der Waals surface area contributed by atoms with E-state index in [-0.39, 0.29) is 0 Å². The van der Waals surface area contributed by atoms with Crippen LogP contribution in [0.1, 0.15) is 26.2 Å². The number of halogens is 1. The van der Waals surface area contributed by atoms with E-state index in [9.17, 15) is 0 Å². The molecule has 0 amide bonds. The van der Waals surface area contributed by atoms with Crippen molar-refractivity contribution in [2.75, 3.05) is 0 Å². The maximum atomic E-state index is 2.60. The Morgan fingerprint density at radius 2 is 2.00 bits per heavy atom. The van der Waals surface area contributed by atoms with Crippen molar-refractivity contribution in [3.05, 3.63) is 11.1 Å². The van der Waals surface area contributed by atoms with Gasteiger partial charge in [-0.15, -0.1) is 0 Å². The molecule has 0 aromatic heterocycles. The van der Waals surface area contributed by atoms with Gasteiger partial charge in [0.2, 0.25) is 0 Å². The van der Waals surface area contributed by atoms with Gasteiger partial charge in [-0.05, 0) is 32.2 Å². The van der Waals surface area contributed by atoms with E-state index in [4.69, 9.17) is 0 Å². The molecule has 1 rings (SSSR count). The largest absolute Gasteiger partial charge is 0.0823 e. The quantitative estimate of drug-likeness (QED) is 0.302. The molecule has 0 nitrogen and oxygen atoms in total. The lowest BCUT2D eigenvalue weighted by atomic mass is 9.94. The Labute approximate surface area is 97.3 Å². The van der Waals surface area contributed by atoms with E-state index in [0.717, 1.165) is 3.92 Å². The van der Waals surface area contributed by atoms with Gasteiger partial charge in [-0.3, -0.25) is 0 Å². The Balaban J connectivity index is 2.64. The molecule has 0 aromatic carbocycles. The summed E-state index contributed by atoms with van der Waals surface area (Å²) in [5.74, 6) is 0. The average Bonchev–Trinajstić information content (AvgIpc) is 1.93. The first-order chi connectivity index (χ1) is 5.88. The van der Waals surface area contributed by atoms with Crippen molar-refractivity contribution in [1.82, 2.24) is 0 Å². The number of rotatable bonds is 2. The SMILES string of the molecule is CC1=C(C[Si](C)(C)C)CC[C@@H](I)C1. The molecule has 0 aliphatic heterocycles. The van der Waals surface area contributed by atoms with Gasteiger partial charge >= 0.3 is 0 Å². The molecule has 0 saturated carbocycles. The van der Waals surface area contributed by atoms with Gasteiger partial charge in [-0.1, -0.05) is 53.4 Å². The third kappa shape index (κ3) is 4.15. The highest BCUT2D eigenvalue weighted by Crippen LogP contribution is 2.33. The Bertz CT molecular complexity index is 213. The topological polar surface area (TPSA) is 0 Å². The van der Waals surface area contributed by atoms with Crippen LogP contribution in [0.5, 0.6) is 0 Å². The fourth-order valence-electron chi connectivity index (χ4n) is 2.00. The van der Waals surface area contributed by atoms with Gasteiger partial charge in [-0.2, -0.15) is 0 Å². The van der Waals surface area contributed by atoms with Crippen LogP contribution in [0.3, 0.4) is 0 Å². The first-order valence-electron chi connectivity index (χ1n) is 5.20. The summed E-state index contributed by atoms with van der Waals surface area (Å²) in [4.78, 5) is 0. The van der Waals surface area contributed by atoms with E-state index in [1.165, 1.54) is 25.3 Å². The van der Waals surface area contributed by atoms with Crippen molar-refractivity contribution in [2.24, 2.45) is 0 Å². The van der Waals surface area contributed by atoms with Crippen molar-refractivity contribution >= 4 is 30.7 Å². The summed E-state index contributed by atoms with van der Waals surface area (Å²) in [5.41, 5.74) is 3.50. The van der Waals surface area contributed by atoms with Gasteiger partial charge in [0.1, 0.15) is 0 Å². The van der Waals surface area contributed by atoms with Gasteiger partial charge in [0.05, 0.1) is 0 Å². The summed E-state index contributed by atoms with van der Waals surface area (Å²) < 4.78 is 0.906. The van der Waals surface area contributed by atoms with Crippen LogP contribution in [0.15, 0.2) is 11.1 Å². The van der Waals surface area contributed by atoms with Gasteiger partial charge in [0.25, 0.3) is 0 Å². The van der Waals surface area contributed by atoms with E-state index in [1.54, 1.807) is 11.1 Å². The fraction of sp³-hybridized carbons (Fsp3) is 0.818. The van der Waals surface area contributed by atoms with Crippen molar-refractivity contribution in [3.8, 4) is 0 Å². The van der Waals surface area contributed by atoms with Crippen LogP contribution in [-0.4, -0.2) is 12.0 Å². The number of allylic oxidation sites excluding steroid dienone is 2. The average molecular weight is 308 g/mol. The molecule has 1 atom stereocenters. The van der Waals surface area contributed by atoms with E-state index < -0.39 is 8.07 Å². The molecule has 2 heteroatoms. The zero-order valence-corrected chi connectivity index (χ0v) is 12.4. The summed E-state index contributed by atoms with van der Waals surface area (Å²) in [7, 11) is -0.869. The normalized spacial score (nSPS) is 25.2. The molecular weight excluding hydrogens is 287 g/mol. The minimum atomic E-state index is -0.869. The molecule has 0 fully saturated rings. The van der Waals surface area contributed by atoms with Crippen LogP contribution in [-0.2, 0) is 0 Å². The van der Waals surface area contributed by atoms with Crippen LogP contribution in [0.2, 0.25) is 25.7 Å². The maximum absolute atomic E-state index is 2.60. The highest BCUT2D eigenvalue weighted by molar-refractivity contribution is 14.1. The molecular formula is C11H21ISi. The first-order valence-corrected chi connectivity index (χ1v) is 10.2. The van der Waals surface area contributed by atoms with E-state index in [2.05, 4.69) is 49.2 Å². The van der Waals surface area contributed by atoms with Gasteiger partial charge in [0.15, 0.2) is 0 Å². The van der Waals surface area contributed by atoms with Crippen molar-refractivity contribution in [3.63, 3.8) is 0 Å². The molecule has 0 unspecified atom stereocenters. The van der Waals surface area contributed by atoms with Crippen LogP contribution >= 0.6 is 22.6 Å². The molecule has 0 radical (unpaired) electrons. The van der Waals surface area contributed by atoms with Crippen LogP contribution in [0.4, 0.5) is 0 Å². The predicted molar refractivity (Wildman–Crippen MR) is 72.5 cm³/mol. The lowest BCUT2D eigenvalue weighted by Crippen LogP contribution is -2.22. The second-order valence-corrected chi connectivity index (χ2v) is 12.7. The van der Waals surface area contributed by atoms with E-state index in [0.29, 0.717) is 0 Å². The number of hydrogen-bond donors (Lipinski definition) is 0. The van der Waals surface area contributed by atoms with Crippen LogP contribution < -0.4 is 0 Å². The third-order valence-electron chi connectivity index (χ3n) is 2.63. The van der Waals surface area contributed by atoms with Crippen molar-refractivity contribution < 1.29 is 0 Å². The monoisotopic (exact) mass is 308 g/mol. The van der Waals surface area contributed by atoms with Crippen LogP contribution in [0, 0.1) is 0 Å². The zero-order valence-electron chi connectivity index (χ0n) is 9.28. The molecule has 0 N–H and O–H groups in total. The zero-order chi connectivity index (χ0) is 10.1. The molecule has 0 bridgehead atoms. The second-order valence-electron chi connectivity index (χ2n) is 5.46. The molecule has 1 aliphatic rings. The van der Waals surface area contributed by atoms with Gasteiger partial charge < -0.3 is 0 Å². The van der Waals surface area contributed by atoms with Crippen molar-refractivity contribution in [2.45, 2.75) is 55.8 Å². The number of hydrogen-bond acceptors (Lipinski definition) is 0. The Morgan fingerprint density at radius 3 is 2.46 bits per heavy atom. The molecule has 0 spiro atoms. The molecule has 0 saturated heterocycles. The summed E-state index contributed by atoms with van der Waals surface area (Å²) >= 11 is 2.60. The second kappa shape index (κ2) is 4.47. The third-order valence-corrected chi connectivity index (χ3v) is 5.18. The summed E-state index contributed by atoms with van der Waals surface area (Å²) in [6.07, 6.45) is 4.14. The van der Waals surface area contributed by atoms with Crippen LogP contribution in [0.25, 0.3) is 0 Å². The minimum Gasteiger partial charge on any atom is -0.0823 e. The molecule has 76 valence electrons. The lowest BCUT2D eigenvalue weighted by molar-refractivity contribution is 0.705. The molecule has 0 aromatic rings. The highest BCUT2D eigenvalue weighted by Gasteiger charge is 2.21.